The van der Waals surface area contributed by atoms with Crippen LogP contribution in [-0.2, 0) is 11.2 Å². The van der Waals surface area contributed by atoms with Gasteiger partial charge >= 0.3 is 0 Å². The average Bonchev–Trinajstić information content (AvgIpc) is 2.47. The number of nitrogens with zero attached hydrogens (tertiary/aromatic N) is 1. The van der Waals surface area contributed by atoms with E-state index in [0.717, 1.165) is 5.56 Å². The Kier molecular flexibility index (Phi) is 2.37. The molecule has 3 N–H and O–H groups in total. The summed E-state index contributed by atoms with van der Waals surface area (Å²) in [6.07, 6.45) is -0.570. The van der Waals surface area contributed by atoms with Crippen molar-refractivity contribution in [2.24, 2.45) is 10.7 Å². The minimum atomic E-state index is -0.838. The first-order valence-corrected chi connectivity index (χ1v) is 4.47. The lowest BCUT2D eigenvalue weighted by Crippen LogP contribution is -2.25. The highest BCUT2D eigenvalue weighted by Gasteiger charge is 2.27. The number of nitrogens with two attached hydrogens (primary N) is 1. The molecule has 0 fully saturated rings. The second-order valence-corrected chi connectivity index (χ2v) is 3.23. The van der Waals surface area contributed by atoms with Gasteiger partial charge < -0.3 is 15.6 Å². The molecule has 4 nitrogen and oxygen atoms in total. The molecule has 2 atom stereocenters. The van der Waals surface area contributed by atoms with Crippen molar-refractivity contribution in [1.82, 2.24) is 0 Å². The summed E-state index contributed by atoms with van der Waals surface area (Å²) in [5.41, 5.74) is 6.44. The van der Waals surface area contributed by atoms with Gasteiger partial charge in [0.25, 0.3) is 6.02 Å². The van der Waals surface area contributed by atoms with E-state index >= 15 is 0 Å². The number of aliphatic hydroxyl groups is 1. The molecule has 0 spiro atoms. The van der Waals surface area contributed by atoms with Gasteiger partial charge in [0.05, 0.1) is 0 Å². The van der Waals surface area contributed by atoms with Gasteiger partial charge in [-0.3, -0.25) is 0 Å². The minimum Gasteiger partial charge on any atom is -0.457 e. The van der Waals surface area contributed by atoms with Crippen LogP contribution < -0.4 is 5.73 Å². The molecule has 0 amide bonds. The zero-order valence-corrected chi connectivity index (χ0v) is 7.63. The van der Waals surface area contributed by atoms with Crippen molar-refractivity contribution in [3.8, 4) is 0 Å². The van der Waals surface area contributed by atoms with Crippen molar-refractivity contribution in [3.63, 3.8) is 0 Å². The van der Waals surface area contributed by atoms with Crippen molar-refractivity contribution in [3.05, 3.63) is 35.9 Å². The van der Waals surface area contributed by atoms with Crippen LogP contribution in [0.3, 0.4) is 0 Å². The Morgan fingerprint density at radius 3 is 2.64 bits per heavy atom. The number of hydrogen-bond acceptors (Lipinski definition) is 4. The molecule has 1 aromatic rings. The highest BCUT2D eigenvalue weighted by Crippen LogP contribution is 2.14. The van der Waals surface area contributed by atoms with Crippen molar-refractivity contribution >= 4 is 6.02 Å². The van der Waals surface area contributed by atoms with Gasteiger partial charge in [-0.15, -0.1) is 0 Å². The summed E-state index contributed by atoms with van der Waals surface area (Å²) in [6.45, 7) is 0. The van der Waals surface area contributed by atoms with Crippen LogP contribution in [0, 0.1) is 0 Å². The largest absolute Gasteiger partial charge is 0.457 e. The predicted octanol–water partition coefficient (Wildman–Crippen LogP) is 0.261. The van der Waals surface area contributed by atoms with Crippen LogP contribution >= 0.6 is 0 Å². The van der Waals surface area contributed by atoms with Crippen LogP contribution in [0.1, 0.15) is 5.56 Å². The van der Waals surface area contributed by atoms with E-state index in [1.54, 1.807) is 0 Å². The first-order chi connectivity index (χ1) is 6.75. The van der Waals surface area contributed by atoms with Gasteiger partial charge in [-0.25, -0.2) is 4.99 Å². The van der Waals surface area contributed by atoms with Gasteiger partial charge in [-0.1, -0.05) is 30.3 Å². The Bertz CT molecular complexity index is 337. The van der Waals surface area contributed by atoms with Crippen molar-refractivity contribution < 1.29 is 9.84 Å². The molecule has 0 bridgehead atoms. The lowest BCUT2D eigenvalue weighted by atomic mass is 10.1. The van der Waals surface area contributed by atoms with Gasteiger partial charge in [-0.05, 0) is 5.56 Å². The molecule has 74 valence electrons. The lowest BCUT2D eigenvalue weighted by Gasteiger charge is -2.12. The fourth-order valence-electron chi connectivity index (χ4n) is 1.45. The molecule has 0 aromatic heterocycles. The Balaban J connectivity index is 2.00. The first-order valence-electron chi connectivity index (χ1n) is 4.47. The maximum atomic E-state index is 9.43. The summed E-state index contributed by atoms with van der Waals surface area (Å²) in [6, 6.07) is 9.86. The van der Waals surface area contributed by atoms with Crippen LogP contribution in [-0.4, -0.2) is 23.5 Å². The maximum Gasteiger partial charge on any atom is 0.285 e. The predicted molar refractivity (Wildman–Crippen MR) is 52.6 cm³/mol. The summed E-state index contributed by atoms with van der Waals surface area (Å²) < 4.78 is 5.16. The van der Waals surface area contributed by atoms with Crippen LogP contribution in [0.25, 0.3) is 0 Å². The highest BCUT2D eigenvalue weighted by molar-refractivity contribution is 5.73. The number of ether oxygens (including phenoxy) is 1. The Labute approximate surface area is 82.0 Å². The molecule has 1 aliphatic heterocycles. The summed E-state index contributed by atoms with van der Waals surface area (Å²) in [4.78, 5) is 3.69. The molecule has 14 heavy (non-hydrogen) atoms. The molecule has 0 saturated carbocycles. The van der Waals surface area contributed by atoms with Gasteiger partial charge in [0.15, 0.2) is 12.3 Å². The van der Waals surface area contributed by atoms with Gasteiger partial charge in [0, 0.05) is 6.42 Å². The minimum absolute atomic E-state index is 0.0680. The molecule has 0 saturated heterocycles. The van der Waals surface area contributed by atoms with E-state index in [0.29, 0.717) is 6.42 Å². The fraction of sp³-hybridized carbons (Fsp3) is 0.300. The van der Waals surface area contributed by atoms with Gasteiger partial charge in [0.1, 0.15) is 0 Å². The van der Waals surface area contributed by atoms with E-state index in [4.69, 9.17) is 10.5 Å². The second-order valence-electron chi connectivity index (χ2n) is 3.23. The van der Waals surface area contributed by atoms with E-state index in [-0.39, 0.29) is 12.1 Å². The summed E-state index contributed by atoms with van der Waals surface area (Å²) in [7, 11) is 0. The molecule has 4 heteroatoms. The molecular weight excluding hydrogens is 180 g/mol. The van der Waals surface area contributed by atoms with Gasteiger partial charge in [-0.2, -0.15) is 0 Å². The Morgan fingerprint density at radius 2 is 2.07 bits per heavy atom. The van der Waals surface area contributed by atoms with Crippen molar-refractivity contribution in [1.29, 1.82) is 0 Å². The Hall–Kier alpha value is -1.55. The van der Waals surface area contributed by atoms with E-state index in [9.17, 15) is 5.11 Å². The number of amidine groups is 1. The smallest absolute Gasteiger partial charge is 0.285 e. The topological polar surface area (TPSA) is 67.8 Å². The SMILES string of the molecule is NC1=NC(O)C(Cc2ccccc2)O1. The normalized spacial score (nSPS) is 25.6. The first kappa shape index (κ1) is 9.02. The zero-order chi connectivity index (χ0) is 9.97. The number of aliphatic imine (C=N–C) groups is 1. The van der Waals surface area contributed by atoms with Crippen molar-refractivity contribution in [2.45, 2.75) is 18.8 Å². The number of aliphatic hydroxyl groups excluding tert-OH is 1. The fourth-order valence-corrected chi connectivity index (χ4v) is 1.45. The second kappa shape index (κ2) is 3.67. The third-order valence-corrected chi connectivity index (χ3v) is 2.14. The standard InChI is InChI=1S/C10H12N2O2/c11-10-12-9(13)8(14-10)6-7-4-2-1-3-5-7/h1-5,8-9,13H,6H2,(H2,11,12). The van der Waals surface area contributed by atoms with Crippen LogP contribution in [0.2, 0.25) is 0 Å². The third-order valence-electron chi connectivity index (χ3n) is 2.14. The van der Waals surface area contributed by atoms with Gasteiger partial charge in [0.2, 0.25) is 0 Å². The highest BCUT2D eigenvalue weighted by atomic mass is 16.5. The molecule has 1 aliphatic rings. The Morgan fingerprint density at radius 1 is 1.36 bits per heavy atom. The number of hydrogen-bond donors (Lipinski definition) is 2. The lowest BCUT2D eigenvalue weighted by molar-refractivity contribution is 0.0641. The number of rotatable bonds is 2. The average molecular weight is 192 g/mol. The monoisotopic (exact) mass is 192 g/mol. The molecule has 0 radical (unpaired) electrons. The summed E-state index contributed by atoms with van der Waals surface area (Å²) in [5.74, 6) is 0. The summed E-state index contributed by atoms with van der Waals surface area (Å²) >= 11 is 0. The molecular formula is C10H12N2O2. The van der Waals surface area contributed by atoms with E-state index in [1.807, 2.05) is 30.3 Å². The zero-order valence-electron chi connectivity index (χ0n) is 7.63. The molecule has 2 unspecified atom stereocenters. The number of benzene rings is 1. The van der Waals surface area contributed by atoms with E-state index in [2.05, 4.69) is 4.99 Å². The quantitative estimate of drug-likeness (QED) is 0.706. The maximum absolute atomic E-state index is 9.43. The molecule has 1 heterocycles. The van der Waals surface area contributed by atoms with Crippen molar-refractivity contribution in [2.75, 3.05) is 0 Å². The third kappa shape index (κ3) is 1.85. The molecule has 0 aliphatic carbocycles. The molecule has 2 rings (SSSR count). The van der Waals surface area contributed by atoms with E-state index in [1.165, 1.54) is 0 Å². The summed E-state index contributed by atoms with van der Waals surface area (Å²) in [5, 5.41) is 9.43. The van der Waals surface area contributed by atoms with Crippen LogP contribution in [0.4, 0.5) is 0 Å². The molecule has 1 aromatic carbocycles. The van der Waals surface area contributed by atoms with E-state index < -0.39 is 6.23 Å². The van der Waals surface area contributed by atoms with Crippen LogP contribution in [0.5, 0.6) is 0 Å². The van der Waals surface area contributed by atoms with Crippen LogP contribution in [0.15, 0.2) is 35.3 Å².